The number of ether oxygens (including phenoxy) is 4. The van der Waals surface area contributed by atoms with Crippen LogP contribution in [0.5, 0.6) is 23.0 Å². The molecule has 10 heteroatoms. The summed E-state index contributed by atoms with van der Waals surface area (Å²) >= 11 is 0. The summed E-state index contributed by atoms with van der Waals surface area (Å²) in [5.74, 6) is 2.29. The number of fused-ring (bicyclic) bond motifs is 4. The quantitative estimate of drug-likeness (QED) is 0.212. The topological polar surface area (TPSA) is 93.1 Å². The second-order valence-corrected chi connectivity index (χ2v) is 16.3. The van der Waals surface area contributed by atoms with Crippen molar-refractivity contribution >= 4 is 29.4 Å². The number of carbonyl (C=O) groups is 2. The van der Waals surface area contributed by atoms with Gasteiger partial charge in [0, 0.05) is 44.5 Å². The molecule has 0 bridgehead atoms. The molecule has 274 valence electrons. The molecule has 10 nitrogen and oxygen atoms in total. The number of amides is 2. The number of hydrogen-bond donors (Lipinski definition) is 0. The molecule has 0 aliphatic carbocycles. The van der Waals surface area contributed by atoms with Gasteiger partial charge in [-0.2, -0.15) is 0 Å². The minimum Gasteiger partial charge on any atom is -0.493 e. The van der Waals surface area contributed by atoms with Gasteiger partial charge in [-0.15, -0.1) is 0 Å². The van der Waals surface area contributed by atoms with Crippen LogP contribution >= 0.6 is 0 Å². The van der Waals surface area contributed by atoms with E-state index in [9.17, 15) is 9.59 Å². The molecule has 0 aromatic heterocycles. The third kappa shape index (κ3) is 7.32. The zero-order chi connectivity index (χ0) is 36.8. The number of benzene rings is 2. The maximum Gasteiger partial charge on any atom is 0.257 e. The fourth-order valence-electron chi connectivity index (χ4n) is 7.44. The number of carbonyl (C=O) groups excluding carboxylic acids is 2. The molecule has 0 N–H and O–H groups in total. The van der Waals surface area contributed by atoms with E-state index in [1.807, 2.05) is 48.2 Å². The predicted octanol–water partition coefficient (Wildman–Crippen LogP) is 7.48. The highest BCUT2D eigenvalue weighted by atomic mass is 16.5. The van der Waals surface area contributed by atoms with Crippen molar-refractivity contribution in [1.29, 1.82) is 0 Å². The molecule has 0 radical (unpaired) electrons. The highest BCUT2D eigenvalue weighted by Gasteiger charge is 2.39. The molecule has 51 heavy (non-hydrogen) atoms. The van der Waals surface area contributed by atoms with Crippen molar-refractivity contribution in [2.45, 2.75) is 85.9 Å². The van der Waals surface area contributed by atoms with Crippen LogP contribution in [0, 0.1) is 10.8 Å². The number of nitrogens with zero attached hydrogens (tertiary/aromatic N) is 4. The maximum absolute atomic E-state index is 13.6. The number of hydrogen-bond acceptors (Lipinski definition) is 8. The molecule has 0 spiro atoms. The molecule has 4 heterocycles. The summed E-state index contributed by atoms with van der Waals surface area (Å²) in [4.78, 5) is 37.6. The predicted molar refractivity (Wildman–Crippen MR) is 202 cm³/mol. The first kappa shape index (κ1) is 36.3. The molecule has 4 aliphatic rings. The number of likely N-dealkylation sites (N-methyl/N-ethyl adjacent to an activating group) is 1. The molecular weight excluding hydrogens is 644 g/mol. The minimum atomic E-state index is -0.130. The lowest BCUT2D eigenvalue weighted by molar-refractivity contribution is 0.0742. The Morgan fingerprint density at radius 3 is 2.08 bits per heavy atom. The largest absolute Gasteiger partial charge is 0.493 e. The fraction of sp³-hybridized carbons (Fsp3) is 0.537. The fourth-order valence-corrected chi connectivity index (χ4v) is 7.44. The van der Waals surface area contributed by atoms with Crippen LogP contribution in [0.1, 0.15) is 88.4 Å². The van der Waals surface area contributed by atoms with Gasteiger partial charge >= 0.3 is 0 Å². The molecular formula is C41H54N4O6. The number of anilines is 1. The van der Waals surface area contributed by atoms with Crippen molar-refractivity contribution < 1.29 is 28.5 Å². The lowest BCUT2D eigenvalue weighted by Gasteiger charge is -2.32. The van der Waals surface area contributed by atoms with Gasteiger partial charge in [-0.1, -0.05) is 51.0 Å². The van der Waals surface area contributed by atoms with Crippen molar-refractivity contribution in [3.8, 4) is 23.0 Å². The van der Waals surface area contributed by atoms with E-state index in [2.05, 4.69) is 63.6 Å². The van der Waals surface area contributed by atoms with Crippen molar-refractivity contribution in [2.75, 3.05) is 52.5 Å². The molecule has 3 atom stereocenters. The van der Waals surface area contributed by atoms with Crippen molar-refractivity contribution in [2.24, 2.45) is 15.8 Å². The van der Waals surface area contributed by atoms with E-state index in [4.69, 9.17) is 18.9 Å². The Morgan fingerprint density at radius 2 is 1.37 bits per heavy atom. The monoisotopic (exact) mass is 698 g/mol. The van der Waals surface area contributed by atoms with E-state index >= 15 is 0 Å². The third-order valence-corrected chi connectivity index (χ3v) is 11.0. The van der Waals surface area contributed by atoms with Crippen molar-refractivity contribution in [3.63, 3.8) is 0 Å². The van der Waals surface area contributed by atoms with Gasteiger partial charge in [-0.25, -0.2) is 0 Å². The Hall–Kier alpha value is -4.47. The summed E-state index contributed by atoms with van der Waals surface area (Å²) in [5.41, 5.74) is 4.88. The van der Waals surface area contributed by atoms with Crippen LogP contribution < -0.4 is 23.8 Å². The third-order valence-electron chi connectivity index (χ3n) is 11.0. The average molecular weight is 699 g/mol. The van der Waals surface area contributed by atoms with E-state index in [1.165, 1.54) is 5.57 Å². The first-order valence-electron chi connectivity index (χ1n) is 18.0. The number of rotatable bonds is 12. The first-order valence-corrected chi connectivity index (χ1v) is 18.0. The molecule has 4 aliphatic heterocycles. The second-order valence-electron chi connectivity index (χ2n) is 16.3. The summed E-state index contributed by atoms with van der Waals surface area (Å²) in [5, 5.41) is 0. The standard InChI is InChI=1S/C41H54N4O6/c1-25-15-28-21-42-31-19-36(34(48-9)17-29(31)38(46)44(28)22-25)51-24-41(6,7)12-11-40(4,5)13-14-50-37-20-33-30(18-35(37)49-10)39(47)45-23-26(2)16-32(45)27(3)43(33)8/h15-21,27-28,32H,11-14,22-24H2,1-10H3/t27?,28?,32-/m1/s1. The summed E-state index contributed by atoms with van der Waals surface area (Å²) in [6, 6.07) is 7.41. The van der Waals surface area contributed by atoms with Crippen LogP contribution in [0.3, 0.4) is 0 Å². The SMILES string of the molecule is COc1cc2c(cc1OCCC(C)(C)CCC(C)(C)COc1cc3c(cc1OC)C(=O)N1CC(C)=CC1C=N3)N(C)C(C)[C@H]1C=C(C)CN1C2=O. The van der Waals surface area contributed by atoms with E-state index in [1.54, 1.807) is 20.3 Å². The van der Waals surface area contributed by atoms with E-state index in [-0.39, 0.29) is 40.8 Å². The Bertz CT molecular complexity index is 1790. The van der Waals surface area contributed by atoms with Crippen LogP contribution in [0.15, 0.2) is 52.6 Å². The number of methoxy groups -OCH3 is 2. The Balaban J connectivity index is 1.06. The molecule has 0 saturated heterocycles. The molecule has 0 fully saturated rings. The first-order chi connectivity index (χ1) is 24.1. The molecule has 2 amide bonds. The highest BCUT2D eigenvalue weighted by molar-refractivity contribution is 6.04. The highest BCUT2D eigenvalue weighted by Crippen LogP contribution is 2.42. The van der Waals surface area contributed by atoms with Gasteiger partial charge < -0.3 is 33.6 Å². The smallest absolute Gasteiger partial charge is 0.257 e. The van der Waals surface area contributed by atoms with Gasteiger partial charge in [-0.3, -0.25) is 14.6 Å². The van der Waals surface area contributed by atoms with E-state index in [0.29, 0.717) is 66.1 Å². The zero-order valence-electron chi connectivity index (χ0n) is 32.0. The van der Waals surface area contributed by atoms with Crippen LogP contribution in [-0.2, 0) is 0 Å². The summed E-state index contributed by atoms with van der Waals surface area (Å²) in [7, 11) is 5.26. The second kappa shape index (κ2) is 13.9. The summed E-state index contributed by atoms with van der Waals surface area (Å²) < 4.78 is 24.2. The van der Waals surface area contributed by atoms with Gasteiger partial charge in [0.15, 0.2) is 23.0 Å². The van der Waals surface area contributed by atoms with E-state index < -0.39 is 0 Å². The molecule has 2 aromatic rings. The van der Waals surface area contributed by atoms with Gasteiger partial charge in [-0.05, 0) is 63.0 Å². The summed E-state index contributed by atoms with van der Waals surface area (Å²) in [6.07, 6.45) is 8.86. The number of aliphatic imine (C=N–C) groups is 1. The lowest BCUT2D eigenvalue weighted by Crippen LogP contribution is -2.45. The zero-order valence-corrected chi connectivity index (χ0v) is 32.0. The maximum atomic E-state index is 13.6. The van der Waals surface area contributed by atoms with Gasteiger partial charge in [0.1, 0.15) is 0 Å². The van der Waals surface area contributed by atoms with Crippen LogP contribution in [0.4, 0.5) is 11.4 Å². The average Bonchev–Trinajstić information content (AvgIpc) is 3.64. The van der Waals surface area contributed by atoms with Gasteiger partial charge in [0.25, 0.3) is 11.8 Å². The molecule has 2 aromatic carbocycles. The van der Waals surface area contributed by atoms with Crippen molar-refractivity contribution in [1.82, 2.24) is 9.80 Å². The molecule has 6 rings (SSSR count). The normalized spacial score (nSPS) is 21.3. The Kier molecular flexibility index (Phi) is 9.92. The van der Waals surface area contributed by atoms with Crippen LogP contribution in [-0.4, -0.2) is 93.5 Å². The lowest BCUT2D eigenvalue weighted by atomic mass is 9.78. The van der Waals surface area contributed by atoms with Gasteiger partial charge in [0.2, 0.25) is 0 Å². The van der Waals surface area contributed by atoms with Crippen LogP contribution in [0.2, 0.25) is 0 Å². The van der Waals surface area contributed by atoms with Crippen LogP contribution in [0.25, 0.3) is 0 Å². The summed E-state index contributed by atoms with van der Waals surface area (Å²) in [6.45, 7) is 17.5. The minimum absolute atomic E-state index is 0.00339. The Morgan fingerprint density at radius 1 is 0.765 bits per heavy atom. The van der Waals surface area contributed by atoms with Crippen molar-refractivity contribution in [3.05, 3.63) is 58.7 Å². The van der Waals surface area contributed by atoms with Gasteiger partial charge in [0.05, 0.1) is 62.0 Å². The Labute approximate surface area is 303 Å². The molecule has 2 unspecified atom stereocenters. The molecule has 0 saturated carbocycles. The van der Waals surface area contributed by atoms with E-state index in [0.717, 1.165) is 30.5 Å².